The van der Waals surface area contributed by atoms with Crippen LogP contribution in [0.3, 0.4) is 0 Å². The van der Waals surface area contributed by atoms with E-state index < -0.39 is 0 Å². The zero-order valence-corrected chi connectivity index (χ0v) is 13.2. The van der Waals surface area contributed by atoms with Crippen molar-refractivity contribution in [3.05, 3.63) is 58.6 Å². The molecule has 2 aromatic rings. The van der Waals surface area contributed by atoms with Gasteiger partial charge in [-0.3, -0.25) is 0 Å². The molecule has 0 aliphatic heterocycles. The van der Waals surface area contributed by atoms with Crippen LogP contribution < -0.4 is 10.1 Å². The first-order valence-corrected chi connectivity index (χ1v) is 7.70. The molecule has 21 heavy (non-hydrogen) atoms. The Balaban J connectivity index is 1.61. The van der Waals surface area contributed by atoms with Gasteiger partial charge in [-0.1, -0.05) is 29.8 Å². The third-order valence-electron chi connectivity index (χ3n) is 4.20. The van der Waals surface area contributed by atoms with Gasteiger partial charge in [0.05, 0.1) is 12.8 Å². The number of ether oxygens (including phenoxy) is 1. The smallest absolute Gasteiger partial charge is 0.142 e. The summed E-state index contributed by atoms with van der Waals surface area (Å²) in [5.41, 5.74) is 3.68. The summed E-state index contributed by atoms with van der Waals surface area (Å²) >= 11 is 5.93. The fourth-order valence-corrected chi connectivity index (χ4v) is 3.01. The number of hydrogen-bond acceptors (Lipinski definition) is 2. The quantitative estimate of drug-likeness (QED) is 0.856. The van der Waals surface area contributed by atoms with E-state index in [0.717, 1.165) is 29.3 Å². The molecule has 1 aliphatic carbocycles. The second-order valence-electron chi connectivity index (χ2n) is 5.76. The maximum Gasteiger partial charge on any atom is 0.142 e. The topological polar surface area (TPSA) is 21.3 Å². The molecule has 0 heterocycles. The van der Waals surface area contributed by atoms with Crippen molar-refractivity contribution >= 4 is 17.3 Å². The molecule has 1 saturated carbocycles. The molecular formula is C18H20ClNO. The third kappa shape index (κ3) is 3.16. The van der Waals surface area contributed by atoms with Gasteiger partial charge in [-0.15, -0.1) is 0 Å². The van der Waals surface area contributed by atoms with Crippen molar-refractivity contribution in [1.29, 1.82) is 0 Å². The van der Waals surface area contributed by atoms with Crippen LogP contribution in [-0.4, -0.2) is 13.2 Å². The van der Waals surface area contributed by atoms with Crippen molar-refractivity contribution in [3.8, 4) is 5.75 Å². The number of aryl methyl sites for hydroxylation is 1. The lowest BCUT2D eigenvalue weighted by molar-refractivity contribution is 0.370. The van der Waals surface area contributed by atoms with Crippen LogP contribution in [0.5, 0.6) is 5.75 Å². The highest BCUT2D eigenvalue weighted by atomic mass is 35.5. The molecule has 3 rings (SSSR count). The molecule has 3 heteroatoms. The van der Waals surface area contributed by atoms with Gasteiger partial charge in [0.1, 0.15) is 5.75 Å². The highest BCUT2D eigenvalue weighted by Gasteiger charge is 2.30. The molecule has 1 N–H and O–H groups in total. The van der Waals surface area contributed by atoms with Crippen molar-refractivity contribution in [2.75, 3.05) is 12.4 Å². The Morgan fingerprint density at radius 2 is 1.81 bits per heavy atom. The van der Waals surface area contributed by atoms with E-state index in [-0.39, 0.29) is 0 Å². The van der Waals surface area contributed by atoms with Crippen molar-refractivity contribution in [3.63, 3.8) is 0 Å². The summed E-state index contributed by atoms with van der Waals surface area (Å²) in [6, 6.07) is 15.0. The minimum Gasteiger partial charge on any atom is -0.495 e. The van der Waals surface area contributed by atoms with E-state index in [9.17, 15) is 0 Å². The van der Waals surface area contributed by atoms with Crippen molar-refractivity contribution < 1.29 is 4.74 Å². The fourth-order valence-electron chi connectivity index (χ4n) is 2.88. The molecule has 0 spiro atoms. The van der Waals surface area contributed by atoms with Crippen LogP contribution in [0.2, 0.25) is 5.02 Å². The first-order chi connectivity index (χ1) is 10.2. The molecule has 0 unspecified atom stereocenters. The lowest BCUT2D eigenvalue weighted by Crippen LogP contribution is -2.34. The highest BCUT2D eigenvalue weighted by Crippen LogP contribution is 2.40. The molecule has 0 bridgehead atoms. The average Bonchev–Trinajstić information content (AvgIpc) is 2.45. The van der Waals surface area contributed by atoms with Gasteiger partial charge in [0, 0.05) is 11.1 Å². The molecule has 1 fully saturated rings. The lowest BCUT2D eigenvalue weighted by atomic mass is 9.76. The van der Waals surface area contributed by atoms with E-state index in [2.05, 4.69) is 42.6 Å². The summed E-state index contributed by atoms with van der Waals surface area (Å²) in [5.74, 6) is 1.56. The molecule has 0 atom stereocenters. The minimum absolute atomic E-state index is 0.516. The first kappa shape index (κ1) is 14.3. The van der Waals surface area contributed by atoms with E-state index in [1.54, 1.807) is 7.11 Å². The van der Waals surface area contributed by atoms with Gasteiger partial charge in [-0.05, 0) is 61.1 Å². The molecule has 2 nitrogen and oxygen atoms in total. The lowest BCUT2D eigenvalue weighted by Gasteiger charge is -2.37. The second kappa shape index (κ2) is 5.98. The van der Waals surface area contributed by atoms with Crippen LogP contribution in [0, 0.1) is 6.92 Å². The Hall–Kier alpha value is -1.67. The zero-order chi connectivity index (χ0) is 14.8. The van der Waals surface area contributed by atoms with Gasteiger partial charge in [0.25, 0.3) is 0 Å². The predicted molar refractivity (Wildman–Crippen MR) is 88.6 cm³/mol. The maximum atomic E-state index is 5.93. The summed E-state index contributed by atoms with van der Waals surface area (Å²) in [6.07, 6.45) is 2.30. The molecule has 110 valence electrons. The number of methoxy groups -OCH3 is 1. The first-order valence-electron chi connectivity index (χ1n) is 7.32. The van der Waals surface area contributed by atoms with E-state index >= 15 is 0 Å². The highest BCUT2D eigenvalue weighted by molar-refractivity contribution is 6.30. The number of anilines is 1. The zero-order valence-electron chi connectivity index (χ0n) is 12.4. The fraction of sp³-hybridized carbons (Fsp3) is 0.333. The Kier molecular flexibility index (Phi) is 4.07. The summed E-state index contributed by atoms with van der Waals surface area (Å²) in [6.45, 7) is 2.08. The van der Waals surface area contributed by atoms with Crippen LogP contribution in [0.4, 0.5) is 5.69 Å². The van der Waals surface area contributed by atoms with Gasteiger partial charge in [0.15, 0.2) is 0 Å². The average molecular weight is 302 g/mol. The van der Waals surface area contributed by atoms with Crippen molar-refractivity contribution in [2.24, 2.45) is 0 Å². The summed E-state index contributed by atoms with van der Waals surface area (Å²) in [7, 11) is 1.72. The number of rotatable bonds is 4. The molecule has 2 aromatic carbocycles. The number of nitrogens with one attached hydrogen (secondary N) is 1. The molecule has 0 saturated heterocycles. The van der Waals surface area contributed by atoms with Gasteiger partial charge >= 0.3 is 0 Å². The van der Waals surface area contributed by atoms with Crippen LogP contribution in [0.1, 0.15) is 29.9 Å². The molecule has 0 amide bonds. The standard InChI is InChI=1S/C18H20ClNO/c1-12-3-8-17(18(9-12)21-2)20-16-10-14(11-16)13-4-6-15(19)7-5-13/h3-9,14,16,20H,10-11H2,1-2H3. The van der Waals surface area contributed by atoms with Crippen LogP contribution in [0.15, 0.2) is 42.5 Å². The molecular weight excluding hydrogens is 282 g/mol. The Labute approximate surface area is 131 Å². The van der Waals surface area contributed by atoms with Crippen molar-refractivity contribution in [2.45, 2.75) is 31.7 Å². The Bertz CT molecular complexity index is 618. The SMILES string of the molecule is COc1cc(C)ccc1NC1CC(c2ccc(Cl)cc2)C1. The van der Waals surface area contributed by atoms with Gasteiger partial charge in [-0.2, -0.15) is 0 Å². The van der Waals surface area contributed by atoms with Crippen LogP contribution in [-0.2, 0) is 0 Å². The van der Waals surface area contributed by atoms with E-state index in [1.165, 1.54) is 11.1 Å². The predicted octanol–water partition coefficient (Wildman–Crippen LogP) is 5.02. The van der Waals surface area contributed by atoms with E-state index in [0.29, 0.717) is 12.0 Å². The Morgan fingerprint density at radius 3 is 2.48 bits per heavy atom. The largest absolute Gasteiger partial charge is 0.495 e. The van der Waals surface area contributed by atoms with Crippen LogP contribution >= 0.6 is 11.6 Å². The normalized spacial score (nSPS) is 20.7. The Morgan fingerprint density at radius 1 is 1.10 bits per heavy atom. The maximum absolute atomic E-state index is 5.93. The summed E-state index contributed by atoms with van der Waals surface area (Å²) in [4.78, 5) is 0. The van der Waals surface area contributed by atoms with Crippen LogP contribution in [0.25, 0.3) is 0 Å². The summed E-state index contributed by atoms with van der Waals surface area (Å²) in [5, 5.41) is 4.39. The second-order valence-corrected chi connectivity index (χ2v) is 6.20. The van der Waals surface area contributed by atoms with Gasteiger partial charge < -0.3 is 10.1 Å². The van der Waals surface area contributed by atoms with Crippen molar-refractivity contribution in [1.82, 2.24) is 0 Å². The minimum atomic E-state index is 0.516. The van der Waals surface area contributed by atoms with E-state index in [4.69, 9.17) is 16.3 Å². The number of halogens is 1. The summed E-state index contributed by atoms with van der Waals surface area (Å²) < 4.78 is 5.44. The van der Waals surface area contributed by atoms with Gasteiger partial charge in [0.2, 0.25) is 0 Å². The number of benzene rings is 2. The van der Waals surface area contributed by atoms with E-state index in [1.807, 2.05) is 12.1 Å². The molecule has 0 radical (unpaired) electrons. The molecule has 0 aromatic heterocycles. The third-order valence-corrected chi connectivity index (χ3v) is 4.45. The number of hydrogen-bond donors (Lipinski definition) is 1. The molecule has 1 aliphatic rings. The monoisotopic (exact) mass is 301 g/mol. The van der Waals surface area contributed by atoms with Gasteiger partial charge in [-0.25, -0.2) is 0 Å².